The summed E-state index contributed by atoms with van der Waals surface area (Å²) in [4.78, 5) is 31.1. The Morgan fingerprint density at radius 3 is 2.31 bits per heavy atom. The molecule has 0 aliphatic carbocycles. The summed E-state index contributed by atoms with van der Waals surface area (Å²) in [6.07, 6.45) is 0. The van der Waals surface area contributed by atoms with E-state index in [0.717, 1.165) is 16.7 Å². The van der Waals surface area contributed by atoms with Gasteiger partial charge in [-0.3, -0.25) is 14.5 Å². The number of morpholine rings is 1. The van der Waals surface area contributed by atoms with E-state index in [2.05, 4.69) is 0 Å². The van der Waals surface area contributed by atoms with Gasteiger partial charge in [-0.05, 0) is 54.6 Å². The number of fused-ring (bicyclic) bond motifs is 1. The van der Waals surface area contributed by atoms with Gasteiger partial charge in [0.15, 0.2) is 0 Å². The number of carbonyl (C=O) groups excluding carboxylic acids is 2. The Hall–Kier alpha value is -4.19. The molecule has 4 aromatic rings. The number of hydrogen-bond acceptors (Lipinski definition) is 8. The summed E-state index contributed by atoms with van der Waals surface area (Å²) in [5.41, 5.74) is 3.75. The number of benzene rings is 3. The molecule has 0 radical (unpaired) electrons. The van der Waals surface area contributed by atoms with Gasteiger partial charge in [-0.15, -0.1) is 11.8 Å². The van der Waals surface area contributed by atoms with Crippen LogP contribution in [0.25, 0.3) is 16.9 Å². The molecule has 0 spiro atoms. The van der Waals surface area contributed by atoms with Crippen molar-refractivity contribution >= 4 is 41.0 Å². The van der Waals surface area contributed by atoms with E-state index in [1.54, 1.807) is 35.8 Å². The molecule has 1 aromatic heterocycles. The molecule has 6 rings (SSSR count). The van der Waals surface area contributed by atoms with Crippen LogP contribution in [0.5, 0.6) is 17.2 Å². The number of methoxy groups -OCH3 is 3. The van der Waals surface area contributed by atoms with Crippen LogP contribution in [0.2, 0.25) is 5.02 Å². The van der Waals surface area contributed by atoms with Gasteiger partial charge in [-0.1, -0.05) is 23.7 Å². The molecule has 1 saturated heterocycles. The van der Waals surface area contributed by atoms with Gasteiger partial charge >= 0.3 is 0 Å². The minimum atomic E-state index is -0.407. The van der Waals surface area contributed by atoms with Crippen LogP contribution in [-0.2, 0) is 14.3 Å². The van der Waals surface area contributed by atoms with E-state index in [0.29, 0.717) is 65.8 Å². The fourth-order valence-corrected chi connectivity index (χ4v) is 6.92. The third-order valence-corrected chi connectivity index (χ3v) is 9.39. The average molecular weight is 649 g/mol. The molecule has 234 valence electrons. The first-order valence-electron chi connectivity index (χ1n) is 14.4. The molecule has 3 heterocycles. The first-order valence-corrected chi connectivity index (χ1v) is 15.9. The van der Waals surface area contributed by atoms with Gasteiger partial charge in [-0.2, -0.15) is 5.10 Å². The van der Waals surface area contributed by atoms with Crippen molar-refractivity contribution in [3.8, 4) is 34.2 Å². The first-order chi connectivity index (χ1) is 21.9. The molecule has 3 aromatic carbocycles. The summed E-state index contributed by atoms with van der Waals surface area (Å²) in [6, 6.07) is 20.5. The maximum Gasteiger partial charge on any atom is 0.242 e. The van der Waals surface area contributed by atoms with E-state index >= 15 is 0 Å². The van der Waals surface area contributed by atoms with E-state index in [1.165, 1.54) is 11.8 Å². The van der Waals surface area contributed by atoms with Gasteiger partial charge in [0.2, 0.25) is 11.8 Å². The summed E-state index contributed by atoms with van der Waals surface area (Å²) in [7, 11) is 4.84. The summed E-state index contributed by atoms with van der Waals surface area (Å²) >= 11 is 7.75. The molecule has 0 saturated carbocycles. The van der Waals surface area contributed by atoms with Gasteiger partial charge in [-0.25, -0.2) is 4.68 Å². The largest absolute Gasteiger partial charge is 0.497 e. The second-order valence-corrected chi connectivity index (χ2v) is 12.0. The highest BCUT2D eigenvalue weighted by Gasteiger charge is 2.39. The van der Waals surface area contributed by atoms with Crippen molar-refractivity contribution in [2.75, 3.05) is 64.8 Å². The Kier molecular flexibility index (Phi) is 9.20. The molecule has 2 amide bonds. The summed E-state index contributed by atoms with van der Waals surface area (Å²) in [5, 5.41) is 5.33. The number of anilines is 1. The standard InChI is InChI=1S/C33H33ClN4O6S/c1-41-24-10-8-23(9-11-24)38-33-30(31(35-38)21-4-6-22(34)7-5-21)32(26-18-25(42-2)12-13-27(26)43-3)45-20-29(40)37(33)19-28(39)36-14-16-44-17-15-36/h4-13,18,32H,14-17,19-20H2,1-3H3/t32-/m1/s1. The number of hydrogen-bond donors (Lipinski definition) is 0. The van der Waals surface area contributed by atoms with Crippen molar-refractivity contribution in [3.63, 3.8) is 0 Å². The molecule has 2 aliphatic rings. The Balaban J connectivity index is 1.62. The van der Waals surface area contributed by atoms with Crippen molar-refractivity contribution in [2.24, 2.45) is 0 Å². The normalized spacial score (nSPS) is 16.6. The zero-order valence-electron chi connectivity index (χ0n) is 25.2. The minimum absolute atomic E-state index is 0.124. The predicted octanol–water partition coefficient (Wildman–Crippen LogP) is 5.25. The van der Waals surface area contributed by atoms with Gasteiger partial charge in [0.1, 0.15) is 29.6 Å². The molecule has 1 atom stereocenters. The number of thioether (sulfide) groups is 1. The molecular formula is C33H33ClN4O6S. The summed E-state index contributed by atoms with van der Waals surface area (Å²) in [6.45, 7) is 1.72. The van der Waals surface area contributed by atoms with Crippen molar-refractivity contribution in [1.29, 1.82) is 0 Å². The molecule has 10 nitrogen and oxygen atoms in total. The van der Waals surface area contributed by atoms with Crippen LogP contribution < -0.4 is 19.1 Å². The Morgan fingerprint density at radius 2 is 1.64 bits per heavy atom. The van der Waals surface area contributed by atoms with Crippen LogP contribution in [0.1, 0.15) is 16.4 Å². The lowest BCUT2D eigenvalue weighted by molar-refractivity contribution is -0.134. The van der Waals surface area contributed by atoms with Gasteiger partial charge in [0.25, 0.3) is 0 Å². The maximum absolute atomic E-state index is 14.1. The highest BCUT2D eigenvalue weighted by atomic mass is 35.5. The average Bonchev–Trinajstić information content (AvgIpc) is 3.41. The highest BCUT2D eigenvalue weighted by Crippen LogP contribution is 2.51. The molecule has 0 N–H and O–H groups in total. The number of nitrogens with zero attached hydrogens (tertiary/aromatic N) is 4. The quantitative estimate of drug-likeness (QED) is 0.256. The fraction of sp³-hybridized carbons (Fsp3) is 0.303. The van der Waals surface area contributed by atoms with Gasteiger partial charge in [0.05, 0.1) is 56.9 Å². The highest BCUT2D eigenvalue weighted by molar-refractivity contribution is 8.00. The van der Waals surface area contributed by atoms with Crippen molar-refractivity contribution in [2.45, 2.75) is 5.25 Å². The molecular weight excluding hydrogens is 616 g/mol. The Labute approximate surface area is 270 Å². The van der Waals surface area contributed by atoms with Crippen LogP contribution in [0.15, 0.2) is 66.7 Å². The Bertz CT molecular complexity index is 1690. The number of aromatic nitrogens is 2. The predicted molar refractivity (Wildman–Crippen MR) is 174 cm³/mol. The zero-order valence-corrected chi connectivity index (χ0v) is 26.8. The fourth-order valence-electron chi connectivity index (χ4n) is 5.58. The second-order valence-electron chi connectivity index (χ2n) is 10.5. The van der Waals surface area contributed by atoms with Crippen LogP contribution >= 0.6 is 23.4 Å². The van der Waals surface area contributed by atoms with Crippen LogP contribution in [0, 0.1) is 0 Å². The van der Waals surface area contributed by atoms with Crippen LogP contribution in [-0.4, -0.2) is 86.4 Å². The van der Waals surface area contributed by atoms with E-state index < -0.39 is 5.25 Å². The first kappa shape index (κ1) is 30.8. The summed E-state index contributed by atoms with van der Waals surface area (Å²) < 4.78 is 24.0. The van der Waals surface area contributed by atoms with E-state index in [4.69, 9.17) is 35.6 Å². The third kappa shape index (κ3) is 6.20. The molecule has 12 heteroatoms. The van der Waals surface area contributed by atoms with E-state index in [1.807, 2.05) is 66.7 Å². The Morgan fingerprint density at radius 1 is 0.956 bits per heavy atom. The smallest absolute Gasteiger partial charge is 0.242 e. The van der Waals surface area contributed by atoms with Crippen LogP contribution in [0.3, 0.4) is 0 Å². The van der Waals surface area contributed by atoms with Gasteiger partial charge in [0, 0.05) is 34.8 Å². The van der Waals surface area contributed by atoms with Gasteiger partial charge < -0.3 is 23.8 Å². The SMILES string of the molecule is COc1ccc(-n2nc(-c3ccc(Cl)cc3)c3c2N(CC(=O)N2CCOCC2)C(=O)CS[C@@H]3c2cc(OC)ccc2OC)cc1. The number of halogens is 1. The monoisotopic (exact) mass is 648 g/mol. The van der Waals surface area contributed by atoms with Crippen molar-refractivity contribution < 1.29 is 28.5 Å². The lowest BCUT2D eigenvalue weighted by Crippen LogP contribution is -2.48. The second kappa shape index (κ2) is 13.4. The molecule has 1 fully saturated rings. The van der Waals surface area contributed by atoms with E-state index in [9.17, 15) is 9.59 Å². The molecule has 0 unspecified atom stereocenters. The third-order valence-electron chi connectivity index (χ3n) is 7.90. The lowest BCUT2D eigenvalue weighted by atomic mass is 9.98. The number of carbonyl (C=O) groups is 2. The van der Waals surface area contributed by atoms with Crippen molar-refractivity contribution in [1.82, 2.24) is 14.7 Å². The van der Waals surface area contributed by atoms with Crippen molar-refractivity contribution in [3.05, 3.63) is 82.9 Å². The molecule has 0 bridgehead atoms. The maximum atomic E-state index is 14.1. The molecule has 45 heavy (non-hydrogen) atoms. The minimum Gasteiger partial charge on any atom is -0.497 e. The van der Waals surface area contributed by atoms with E-state index in [-0.39, 0.29) is 24.1 Å². The van der Waals surface area contributed by atoms with Crippen LogP contribution in [0.4, 0.5) is 5.82 Å². The topological polar surface area (TPSA) is 95.4 Å². The lowest BCUT2D eigenvalue weighted by Gasteiger charge is -2.30. The molecule has 2 aliphatic heterocycles. The number of amides is 2. The summed E-state index contributed by atoms with van der Waals surface area (Å²) in [5.74, 6) is 2.25. The zero-order chi connectivity index (χ0) is 31.5. The number of rotatable bonds is 8. The number of ether oxygens (including phenoxy) is 4.